The lowest BCUT2D eigenvalue weighted by Crippen LogP contribution is -2.13. The Kier molecular flexibility index (Phi) is 5.87. The van der Waals surface area contributed by atoms with E-state index in [0.29, 0.717) is 17.0 Å². The van der Waals surface area contributed by atoms with Gasteiger partial charge in [0.05, 0.1) is 11.6 Å². The first-order valence-corrected chi connectivity index (χ1v) is 5.03. The minimum absolute atomic E-state index is 0. The van der Waals surface area contributed by atoms with Crippen molar-refractivity contribution in [3.8, 4) is 11.8 Å². The van der Waals surface area contributed by atoms with E-state index in [0.717, 1.165) is 6.42 Å². The van der Waals surface area contributed by atoms with Gasteiger partial charge in [-0.1, -0.05) is 13.8 Å². The predicted octanol–water partition coefficient (Wildman–Crippen LogP) is 2.73. The molecule has 1 atom stereocenters. The molecule has 0 saturated heterocycles. The van der Waals surface area contributed by atoms with E-state index < -0.39 is 0 Å². The SMILES string of the molecule is CC(C)C[C@@H](N)c1cc(C#N)ccc1O.Cl. The largest absolute Gasteiger partial charge is 0.508 e. The Hall–Kier alpha value is -1.24. The molecule has 3 nitrogen and oxygen atoms in total. The first-order chi connectivity index (χ1) is 7.04. The van der Waals surface area contributed by atoms with Crippen molar-refractivity contribution in [3.63, 3.8) is 0 Å². The van der Waals surface area contributed by atoms with Gasteiger partial charge < -0.3 is 10.8 Å². The Labute approximate surface area is 102 Å². The fourth-order valence-electron chi connectivity index (χ4n) is 1.56. The van der Waals surface area contributed by atoms with Gasteiger partial charge in [0.15, 0.2) is 0 Å². The smallest absolute Gasteiger partial charge is 0.120 e. The van der Waals surface area contributed by atoms with E-state index in [2.05, 4.69) is 13.8 Å². The number of phenols is 1. The van der Waals surface area contributed by atoms with Gasteiger partial charge in [0, 0.05) is 11.6 Å². The van der Waals surface area contributed by atoms with Crippen molar-refractivity contribution >= 4 is 12.4 Å². The van der Waals surface area contributed by atoms with Crippen LogP contribution in [0.4, 0.5) is 0 Å². The van der Waals surface area contributed by atoms with Gasteiger partial charge in [0.2, 0.25) is 0 Å². The molecule has 0 radical (unpaired) electrons. The molecule has 1 aromatic carbocycles. The number of benzene rings is 1. The predicted molar refractivity (Wildman–Crippen MR) is 66.5 cm³/mol. The molecule has 1 rings (SSSR count). The van der Waals surface area contributed by atoms with Crippen LogP contribution in [0.5, 0.6) is 5.75 Å². The highest BCUT2D eigenvalue weighted by Gasteiger charge is 2.13. The molecule has 3 N–H and O–H groups in total. The molecular formula is C12H17ClN2O. The Morgan fingerprint density at radius 1 is 1.44 bits per heavy atom. The van der Waals surface area contributed by atoms with Crippen molar-refractivity contribution in [2.75, 3.05) is 0 Å². The molecule has 88 valence electrons. The normalized spacial score (nSPS) is 11.7. The molecule has 0 unspecified atom stereocenters. The Morgan fingerprint density at radius 2 is 2.06 bits per heavy atom. The average Bonchev–Trinajstić information content (AvgIpc) is 2.17. The molecule has 0 spiro atoms. The number of nitrogens with zero attached hydrogens (tertiary/aromatic N) is 1. The van der Waals surface area contributed by atoms with Gasteiger partial charge in [-0.2, -0.15) is 5.26 Å². The summed E-state index contributed by atoms with van der Waals surface area (Å²) in [7, 11) is 0. The number of hydrogen-bond donors (Lipinski definition) is 2. The summed E-state index contributed by atoms with van der Waals surface area (Å²) in [4.78, 5) is 0. The van der Waals surface area contributed by atoms with Crippen LogP contribution in [0, 0.1) is 17.2 Å². The van der Waals surface area contributed by atoms with Gasteiger partial charge >= 0.3 is 0 Å². The highest BCUT2D eigenvalue weighted by molar-refractivity contribution is 5.85. The second kappa shape index (κ2) is 6.37. The van der Waals surface area contributed by atoms with Crippen molar-refractivity contribution < 1.29 is 5.11 Å². The van der Waals surface area contributed by atoms with E-state index in [-0.39, 0.29) is 24.2 Å². The van der Waals surface area contributed by atoms with Crippen LogP contribution in [-0.2, 0) is 0 Å². The quantitative estimate of drug-likeness (QED) is 0.854. The maximum atomic E-state index is 9.62. The van der Waals surface area contributed by atoms with Gasteiger partial charge in [0.1, 0.15) is 5.75 Å². The van der Waals surface area contributed by atoms with Gasteiger partial charge in [-0.3, -0.25) is 0 Å². The Balaban J connectivity index is 0.00000225. The van der Waals surface area contributed by atoms with Crippen molar-refractivity contribution in [2.24, 2.45) is 11.7 Å². The molecule has 0 bridgehead atoms. The summed E-state index contributed by atoms with van der Waals surface area (Å²) in [5.41, 5.74) is 7.14. The molecule has 0 amide bonds. The van der Waals surface area contributed by atoms with Crippen molar-refractivity contribution in [2.45, 2.75) is 26.3 Å². The summed E-state index contributed by atoms with van der Waals surface area (Å²) in [5, 5.41) is 18.4. The zero-order valence-corrected chi connectivity index (χ0v) is 10.3. The number of nitriles is 1. The van der Waals surface area contributed by atoms with E-state index >= 15 is 0 Å². The number of phenolic OH excluding ortho intramolecular Hbond substituents is 1. The van der Waals surface area contributed by atoms with Crippen LogP contribution >= 0.6 is 12.4 Å². The van der Waals surface area contributed by atoms with Crippen LogP contribution < -0.4 is 5.73 Å². The lowest BCUT2D eigenvalue weighted by Gasteiger charge is -2.15. The molecule has 4 heteroatoms. The average molecular weight is 241 g/mol. The van der Waals surface area contributed by atoms with Crippen molar-refractivity contribution in [1.82, 2.24) is 0 Å². The summed E-state index contributed by atoms with van der Waals surface area (Å²) < 4.78 is 0. The fourth-order valence-corrected chi connectivity index (χ4v) is 1.56. The standard InChI is InChI=1S/C12H16N2O.ClH/c1-8(2)5-11(14)10-6-9(7-13)3-4-12(10)15;/h3-4,6,8,11,15H,5,14H2,1-2H3;1H/t11-;/m1./s1. The van der Waals surface area contributed by atoms with Gasteiger partial charge in [-0.15, -0.1) is 12.4 Å². The summed E-state index contributed by atoms with van der Waals surface area (Å²) in [5.74, 6) is 0.632. The van der Waals surface area contributed by atoms with Crippen molar-refractivity contribution in [1.29, 1.82) is 5.26 Å². The van der Waals surface area contributed by atoms with Crippen LogP contribution in [-0.4, -0.2) is 5.11 Å². The second-order valence-corrected chi connectivity index (χ2v) is 4.12. The Bertz CT molecular complexity index is 385. The third-order valence-electron chi connectivity index (χ3n) is 2.28. The van der Waals surface area contributed by atoms with E-state index in [1.807, 2.05) is 6.07 Å². The molecule has 0 aromatic heterocycles. The molecule has 0 saturated carbocycles. The monoisotopic (exact) mass is 240 g/mol. The zero-order chi connectivity index (χ0) is 11.4. The topological polar surface area (TPSA) is 70.0 Å². The molecular weight excluding hydrogens is 224 g/mol. The molecule has 0 aliphatic heterocycles. The lowest BCUT2D eigenvalue weighted by molar-refractivity contribution is 0.445. The zero-order valence-electron chi connectivity index (χ0n) is 9.47. The van der Waals surface area contributed by atoms with Crippen LogP contribution in [0.1, 0.15) is 37.4 Å². The Morgan fingerprint density at radius 3 is 2.56 bits per heavy atom. The molecule has 1 aromatic rings. The van der Waals surface area contributed by atoms with Crippen LogP contribution in [0.3, 0.4) is 0 Å². The molecule has 0 aliphatic rings. The minimum Gasteiger partial charge on any atom is -0.508 e. The molecule has 0 aliphatic carbocycles. The summed E-state index contributed by atoms with van der Waals surface area (Å²) >= 11 is 0. The minimum atomic E-state index is -0.210. The molecule has 0 heterocycles. The lowest BCUT2D eigenvalue weighted by atomic mass is 9.96. The third kappa shape index (κ3) is 3.73. The number of hydrogen-bond acceptors (Lipinski definition) is 3. The van der Waals surface area contributed by atoms with Gasteiger partial charge in [-0.05, 0) is 30.5 Å². The first kappa shape index (κ1) is 14.8. The third-order valence-corrected chi connectivity index (χ3v) is 2.28. The fraction of sp³-hybridized carbons (Fsp3) is 0.417. The maximum absolute atomic E-state index is 9.62. The first-order valence-electron chi connectivity index (χ1n) is 5.03. The summed E-state index contributed by atoms with van der Waals surface area (Å²) in [6.07, 6.45) is 0.794. The highest BCUT2D eigenvalue weighted by Crippen LogP contribution is 2.27. The van der Waals surface area contributed by atoms with E-state index in [9.17, 15) is 5.11 Å². The maximum Gasteiger partial charge on any atom is 0.120 e. The van der Waals surface area contributed by atoms with Crippen LogP contribution in [0.25, 0.3) is 0 Å². The van der Waals surface area contributed by atoms with E-state index in [1.165, 1.54) is 6.07 Å². The van der Waals surface area contributed by atoms with Gasteiger partial charge in [0.25, 0.3) is 0 Å². The van der Waals surface area contributed by atoms with Crippen molar-refractivity contribution in [3.05, 3.63) is 29.3 Å². The summed E-state index contributed by atoms with van der Waals surface area (Å²) in [6, 6.07) is 6.59. The van der Waals surface area contributed by atoms with E-state index in [4.69, 9.17) is 11.0 Å². The molecule has 16 heavy (non-hydrogen) atoms. The number of aromatic hydroxyl groups is 1. The molecule has 0 fully saturated rings. The van der Waals surface area contributed by atoms with Gasteiger partial charge in [-0.25, -0.2) is 0 Å². The van der Waals surface area contributed by atoms with Crippen LogP contribution in [0.15, 0.2) is 18.2 Å². The van der Waals surface area contributed by atoms with Crippen LogP contribution in [0.2, 0.25) is 0 Å². The second-order valence-electron chi connectivity index (χ2n) is 4.12. The highest BCUT2D eigenvalue weighted by atomic mass is 35.5. The van der Waals surface area contributed by atoms with E-state index in [1.54, 1.807) is 12.1 Å². The summed E-state index contributed by atoms with van der Waals surface area (Å²) in [6.45, 7) is 4.15. The number of halogens is 1. The number of nitrogens with two attached hydrogens (primary N) is 1. The number of rotatable bonds is 3.